The third-order valence-electron chi connectivity index (χ3n) is 4.27. The molecule has 0 N–H and O–H groups in total. The fourth-order valence-electron chi connectivity index (χ4n) is 3.00. The normalized spacial score (nSPS) is 19.2. The molecule has 2 heteroatoms. The standard InChI is InChI=1S/C11H10.C10H9IO/c1-9-5-4-7-10-6-2-3-8-11(9)10;1-10(11)6-7-4-2-3-5-8(7)9(10)12/h2-8H,1H3;2-5H,6H2,1H3. The second-order valence-electron chi connectivity index (χ2n) is 6.16. The number of aryl methyl sites for hydroxylation is 1. The zero-order valence-electron chi connectivity index (χ0n) is 13.3. The van der Waals surface area contributed by atoms with E-state index in [2.05, 4.69) is 72.0 Å². The number of rotatable bonds is 0. The van der Waals surface area contributed by atoms with Crippen LogP contribution in [0.15, 0.2) is 66.7 Å². The molecule has 0 heterocycles. The van der Waals surface area contributed by atoms with Gasteiger partial charge in [0, 0.05) is 5.56 Å². The Morgan fingerprint density at radius 3 is 2.30 bits per heavy atom. The molecule has 0 bridgehead atoms. The SMILES string of the molecule is CC1(I)Cc2ccccc2C1=O.Cc1cccc2ccccc12. The van der Waals surface area contributed by atoms with Crippen LogP contribution in [0.4, 0.5) is 0 Å². The number of carbonyl (C=O) groups excluding carboxylic acids is 1. The average Bonchev–Trinajstić information content (AvgIpc) is 2.78. The predicted octanol–water partition coefficient (Wildman–Crippen LogP) is 5.77. The summed E-state index contributed by atoms with van der Waals surface area (Å²) in [5.74, 6) is 0.277. The molecule has 1 nitrogen and oxygen atoms in total. The van der Waals surface area contributed by atoms with E-state index in [-0.39, 0.29) is 9.20 Å². The van der Waals surface area contributed by atoms with E-state index in [9.17, 15) is 4.79 Å². The summed E-state index contributed by atoms with van der Waals surface area (Å²) in [7, 11) is 0. The highest BCUT2D eigenvalue weighted by atomic mass is 127. The van der Waals surface area contributed by atoms with Crippen molar-refractivity contribution in [1.29, 1.82) is 0 Å². The Balaban J connectivity index is 0.000000136. The highest BCUT2D eigenvalue weighted by Gasteiger charge is 2.38. The minimum absolute atomic E-state index is 0.207. The van der Waals surface area contributed by atoms with Crippen LogP contribution in [0.1, 0.15) is 28.4 Å². The largest absolute Gasteiger partial charge is 0.293 e. The van der Waals surface area contributed by atoms with Crippen molar-refractivity contribution < 1.29 is 4.79 Å². The topological polar surface area (TPSA) is 17.1 Å². The van der Waals surface area contributed by atoms with Crippen molar-refractivity contribution >= 4 is 39.1 Å². The lowest BCUT2D eigenvalue weighted by Crippen LogP contribution is -2.23. The van der Waals surface area contributed by atoms with Crippen LogP contribution in [-0.4, -0.2) is 9.20 Å². The fraction of sp³-hybridized carbons (Fsp3) is 0.190. The first kappa shape index (κ1) is 16.2. The van der Waals surface area contributed by atoms with Crippen LogP contribution in [0.2, 0.25) is 0 Å². The van der Waals surface area contributed by atoms with Crippen molar-refractivity contribution in [3.63, 3.8) is 0 Å². The van der Waals surface area contributed by atoms with Crippen LogP contribution in [0, 0.1) is 6.92 Å². The van der Waals surface area contributed by atoms with Gasteiger partial charge in [0.1, 0.15) is 0 Å². The van der Waals surface area contributed by atoms with E-state index < -0.39 is 0 Å². The fourth-order valence-corrected chi connectivity index (χ4v) is 3.70. The molecule has 1 aliphatic carbocycles. The molecule has 3 aromatic carbocycles. The number of ketones is 1. The summed E-state index contributed by atoms with van der Waals surface area (Å²) >= 11 is 2.24. The van der Waals surface area contributed by atoms with Gasteiger partial charge in [0.05, 0.1) is 3.42 Å². The average molecular weight is 414 g/mol. The molecule has 116 valence electrons. The first-order valence-corrected chi connectivity index (χ1v) is 8.83. The van der Waals surface area contributed by atoms with Crippen LogP contribution >= 0.6 is 22.6 Å². The first-order chi connectivity index (χ1) is 11.0. The lowest BCUT2D eigenvalue weighted by atomic mass is 10.1. The van der Waals surface area contributed by atoms with E-state index >= 15 is 0 Å². The molecule has 1 aliphatic rings. The van der Waals surface area contributed by atoms with Crippen molar-refractivity contribution in [3.8, 4) is 0 Å². The van der Waals surface area contributed by atoms with Gasteiger partial charge in [-0.05, 0) is 42.2 Å². The van der Waals surface area contributed by atoms with Crippen molar-refractivity contribution in [2.75, 3.05) is 0 Å². The highest BCUT2D eigenvalue weighted by Crippen LogP contribution is 2.36. The van der Waals surface area contributed by atoms with Gasteiger partial charge < -0.3 is 0 Å². The Kier molecular flexibility index (Phi) is 4.53. The molecule has 0 aliphatic heterocycles. The molecule has 23 heavy (non-hydrogen) atoms. The van der Waals surface area contributed by atoms with Gasteiger partial charge in [-0.15, -0.1) is 0 Å². The van der Waals surface area contributed by atoms with E-state index in [1.807, 2.05) is 31.2 Å². The lowest BCUT2D eigenvalue weighted by Gasteiger charge is -2.10. The molecular weight excluding hydrogens is 395 g/mol. The van der Waals surface area contributed by atoms with Gasteiger partial charge in [-0.3, -0.25) is 4.79 Å². The van der Waals surface area contributed by atoms with Crippen LogP contribution in [0.5, 0.6) is 0 Å². The third-order valence-corrected chi connectivity index (χ3v) is 5.14. The van der Waals surface area contributed by atoms with E-state index in [0.29, 0.717) is 0 Å². The molecule has 0 saturated carbocycles. The second kappa shape index (κ2) is 6.44. The van der Waals surface area contributed by atoms with Gasteiger partial charge in [0.25, 0.3) is 0 Å². The smallest absolute Gasteiger partial charge is 0.179 e. The number of alkyl halides is 1. The van der Waals surface area contributed by atoms with Gasteiger partial charge in [-0.1, -0.05) is 89.3 Å². The van der Waals surface area contributed by atoms with E-state index in [4.69, 9.17) is 0 Å². The number of Topliss-reactive ketones (excluding diaryl/α,β-unsaturated/α-hetero) is 1. The summed E-state index contributed by atoms with van der Waals surface area (Å²) in [5.41, 5.74) is 3.46. The second-order valence-corrected chi connectivity index (χ2v) is 8.54. The third kappa shape index (κ3) is 3.32. The Labute approximate surface area is 150 Å². The molecule has 0 saturated heterocycles. The Morgan fingerprint density at radius 1 is 0.913 bits per heavy atom. The number of benzene rings is 3. The Hall–Kier alpha value is -1.68. The van der Waals surface area contributed by atoms with E-state index in [0.717, 1.165) is 12.0 Å². The van der Waals surface area contributed by atoms with Gasteiger partial charge in [0.2, 0.25) is 0 Å². The summed E-state index contributed by atoms with van der Waals surface area (Å²) in [6.07, 6.45) is 0.878. The summed E-state index contributed by atoms with van der Waals surface area (Å²) < 4.78 is -0.207. The van der Waals surface area contributed by atoms with Crippen LogP contribution in [0.3, 0.4) is 0 Å². The minimum atomic E-state index is -0.207. The van der Waals surface area contributed by atoms with Crippen LogP contribution < -0.4 is 0 Å². The number of halogens is 1. The molecule has 1 unspecified atom stereocenters. The molecule has 0 radical (unpaired) electrons. The lowest BCUT2D eigenvalue weighted by molar-refractivity contribution is 0.0972. The quantitative estimate of drug-likeness (QED) is 0.337. The van der Waals surface area contributed by atoms with Crippen molar-refractivity contribution in [2.45, 2.75) is 23.7 Å². The number of fused-ring (bicyclic) bond motifs is 2. The summed E-state index contributed by atoms with van der Waals surface area (Å²) in [4.78, 5) is 11.7. The maximum Gasteiger partial charge on any atom is 0.179 e. The van der Waals surface area contributed by atoms with Gasteiger partial charge >= 0.3 is 0 Å². The molecule has 1 atom stereocenters. The summed E-state index contributed by atoms with van der Waals surface area (Å²) in [5, 5.41) is 2.68. The Bertz CT molecular complexity index is 859. The highest BCUT2D eigenvalue weighted by molar-refractivity contribution is 14.1. The first-order valence-electron chi connectivity index (χ1n) is 7.75. The Morgan fingerprint density at radius 2 is 1.57 bits per heavy atom. The van der Waals surface area contributed by atoms with E-state index in [1.54, 1.807) is 0 Å². The number of hydrogen-bond donors (Lipinski definition) is 0. The molecule has 3 aromatic rings. The molecule has 0 aromatic heterocycles. The van der Waals surface area contributed by atoms with Gasteiger partial charge in [0.15, 0.2) is 5.78 Å². The van der Waals surface area contributed by atoms with Crippen molar-refractivity contribution in [3.05, 3.63) is 83.4 Å². The number of hydrogen-bond acceptors (Lipinski definition) is 1. The zero-order chi connectivity index (χ0) is 16.4. The minimum Gasteiger partial charge on any atom is -0.293 e. The molecule has 0 fully saturated rings. The molecule has 0 spiro atoms. The van der Waals surface area contributed by atoms with Gasteiger partial charge in [-0.25, -0.2) is 0 Å². The molecular formula is C21H19IO. The maximum absolute atomic E-state index is 11.7. The maximum atomic E-state index is 11.7. The van der Waals surface area contributed by atoms with Gasteiger partial charge in [-0.2, -0.15) is 0 Å². The predicted molar refractivity (Wildman–Crippen MR) is 106 cm³/mol. The van der Waals surface area contributed by atoms with Crippen LogP contribution in [0.25, 0.3) is 10.8 Å². The van der Waals surface area contributed by atoms with E-state index in [1.165, 1.54) is 21.9 Å². The zero-order valence-corrected chi connectivity index (χ0v) is 15.5. The molecule has 4 rings (SSSR count). The summed E-state index contributed by atoms with van der Waals surface area (Å²) in [6, 6.07) is 22.7. The van der Waals surface area contributed by atoms with Crippen LogP contribution in [-0.2, 0) is 6.42 Å². The number of carbonyl (C=O) groups is 1. The van der Waals surface area contributed by atoms with Crippen molar-refractivity contribution in [2.24, 2.45) is 0 Å². The molecule has 0 amide bonds. The summed E-state index contributed by atoms with van der Waals surface area (Å²) in [6.45, 7) is 4.14. The van der Waals surface area contributed by atoms with Crippen molar-refractivity contribution in [1.82, 2.24) is 0 Å². The monoisotopic (exact) mass is 414 g/mol.